The Hall–Kier alpha value is -0.700. The minimum absolute atomic E-state index is 0.577. The monoisotopic (exact) mass is 173 g/mol. The smallest absolute Gasteiger partial charge is 0.191 e. The van der Waals surface area contributed by atoms with E-state index in [0.717, 1.165) is 25.5 Å². The number of hydrogen-bond acceptors (Lipinski definition) is 3. The molecule has 0 aromatic heterocycles. The lowest BCUT2D eigenvalue weighted by Gasteiger charge is -2.15. The number of guanidine groups is 1. The molecule has 0 aliphatic carbocycles. The molecular formula is C7H12ClN3. The number of hydrogen-bond donors (Lipinski definition) is 2. The fourth-order valence-corrected chi connectivity index (χ4v) is 0.897. The lowest BCUT2D eigenvalue weighted by atomic mass is 10.4. The van der Waals surface area contributed by atoms with Gasteiger partial charge in [0.1, 0.15) is 0 Å². The summed E-state index contributed by atoms with van der Waals surface area (Å²) in [6.07, 6.45) is 1.10. The van der Waals surface area contributed by atoms with Gasteiger partial charge in [-0.05, 0) is 6.42 Å². The molecule has 1 rings (SSSR count). The van der Waals surface area contributed by atoms with Gasteiger partial charge in [0.2, 0.25) is 0 Å². The van der Waals surface area contributed by atoms with Crippen LogP contribution in [-0.2, 0) is 0 Å². The first-order chi connectivity index (χ1) is 5.29. The van der Waals surface area contributed by atoms with Gasteiger partial charge in [-0.25, -0.2) is 0 Å². The highest BCUT2D eigenvalue weighted by Crippen LogP contribution is 1.93. The molecule has 0 unspecified atom stereocenters. The Kier molecular flexibility index (Phi) is 3.23. The zero-order chi connectivity index (χ0) is 8.10. The molecule has 0 spiro atoms. The molecule has 62 valence electrons. The van der Waals surface area contributed by atoms with Gasteiger partial charge in [0.25, 0.3) is 0 Å². The number of aliphatic imine (C=N–C) groups is 1. The van der Waals surface area contributed by atoms with Crippen molar-refractivity contribution in [3.8, 4) is 0 Å². The van der Waals surface area contributed by atoms with Crippen molar-refractivity contribution in [1.29, 1.82) is 0 Å². The van der Waals surface area contributed by atoms with Crippen LogP contribution in [0.15, 0.2) is 16.6 Å². The van der Waals surface area contributed by atoms with Crippen LogP contribution in [0.5, 0.6) is 0 Å². The second-order valence-corrected chi connectivity index (χ2v) is 2.92. The maximum Gasteiger partial charge on any atom is 0.191 e. The Morgan fingerprint density at radius 2 is 2.64 bits per heavy atom. The third-order valence-electron chi connectivity index (χ3n) is 1.34. The van der Waals surface area contributed by atoms with Crippen molar-refractivity contribution in [3.63, 3.8) is 0 Å². The van der Waals surface area contributed by atoms with Crippen LogP contribution in [0.2, 0.25) is 0 Å². The Morgan fingerprint density at radius 1 is 1.82 bits per heavy atom. The van der Waals surface area contributed by atoms with E-state index in [2.05, 4.69) is 22.2 Å². The summed E-state index contributed by atoms with van der Waals surface area (Å²) in [5.74, 6) is 0.832. The molecule has 0 saturated heterocycles. The van der Waals surface area contributed by atoms with Gasteiger partial charge in [-0.1, -0.05) is 18.2 Å². The average molecular weight is 174 g/mol. The van der Waals surface area contributed by atoms with Gasteiger partial charge in [0.05, 0.1) is 6.54 Å². The van der Waals surface area contributed by atoms with Crippen molar-refractivity contribution in [3.05, 3.63) is 11.6 Å². The topological polar surface area (TPSA) is 36.4 Å². The SMILES string of the molecule is C=C(Cl)CNC1=NCCCN1. The first-order valence-corrected chi connectivity index (χ1v) is 4.02. The lowest BCUT2D eigenvalue weighted by Crippen LogP contribution is -2.41. The Bertz CT molecular complexity index is 177. The predicted octanol–water partition coefficient (Wildman–Crippen LogP) is 0.678. The molecule has 0 amide bonds. The number of nitrogens with one attached hydrogen (secondary N) is 2. The van der Waals surface area contributed by atoms with E-state index in [1.54, 1.807) is 0 Å². The zero-order valence-corrected chi connectivity index (χ0v) is 7.12. The largest absolute Gasteiger partial charge is 0.356 e. The third kappa shape index (κ3) is 3.28. The average Bonchev–Trinajstić information content (AvgIpc) is 2.03. The van der Waals surface area contributed by atoms with Crippen LogP contribution >= 0.6 is 11.6 Å². The molecule has 0 fully saturated rings. The minimum atomic E-state index is 0.577. The fourth-order valence-electron chi connectivity index (χ4n) is 0.831. The molecule has 4 heteroatoms. The van der Waals surface area contributed by atoms with Crippen LogP contribution in [0.25, 0.3) is 0 Å². The highest BCUT2D eigenvalue weighted by atomic mass is 35.5. The summed E-state index contributed by atoms with van der Waals surface area (Å²) in [6.45, 7) is 6.02. The van der Waals surface area contributed by atoms with Crippen LogP contribution in [0.3, 0.4) is 0 Å². The van der Waals surface area contributed by atoms with E-state index in [1.165, 1.54) is 0 Å². The van der Waals surface area contributed by atoms with E-state index < -0.39 is 0 Å². The second-order valence-electron chi connectivity index (χ2n) is 2.38. The molecule has 0 aromatic rings. The molecule has 1 aliphatic rings. The Balaban J connectivity index is 2.24. The summed E-state index contributed by atoms with van der Waals surface area (Å²) in [5.41, 5.74) is 0. The summed E-state index contributed by atoms with van der Waals surface area (Å²) in [5, 5.41) is 6.74. The van der Waals surface area contributed by atoms with Crippen molar-refractivity contribution in [2.45, 2.75) is 6.42 Å². The first kappa shape index (κ1) is 8.40. The van der Waals surface area contributed by atoms with Gasteiger partial charge in [0, 0.05) is 18.1 Å². The van der Waals surface area contributed by atoms with Crippen molar-refractivity contribution in [2.75, 3.05) is 19.6 Å². The first-order valence-electron chi connectivity index (χ1n) is 3.64. The van der Waals surface area contributed by atoms with Crippen LogP contribution in [-0.4, -0.2) is 25.6 Å². The Labute approximate surface area is 71.5 Å². The zero-order valence-electron chi connectivity index (χ0n) is 6.36. The van der Waals surface area contributed by atoms with Crippen LogP contribution in [0.4, 0.5) is 0 Å². The van der Waals surface area contributed by atoms with Crippen LogP contribution in [0, 0.1) is 0 Å². The van der Waals surface area contributed by atoms with Gasteiger partial charge in [0.15, 0.2) is 5.96 Å². The number of halogens is 1. The number of nitrogens with zero attached hydrogens (tertiary/aromatic N) is 1. The van der Waals surface area contributed by atoms with Gasteiger partial charge >= 0.3 is 0 Å². The van der Waals surface area contributed by atoms with Crippen LogP contribution < -0.4 is 10.6 Å². The molecule has 0 radical (unpaired) electrons. The van der Waals surface area contributed by atoms with E-state index in [-0.39, 0.29) is 0 Å². The molecular weight excluding hydrogens is 162 g/mol. The fraction of sp³-hybridized carbons (Fsp3) is 0.571. The van der Waals surface area contributed by atoms with Crippen molar-refractivity contribution >= 4 is 17.6 Å². The van der Waals surface area contributed by atoms with Crippen molar-refractivity contribution in [2.24, 2.45) is 4.99 Å². The molecule has 2 N–H and O–H groups in total. The van der Waals surface area contributed by atoms with E-state index in [4.69, 9.17) is 11.6 Å². The molecule has 1 aliphatic heterocycles. The van der Waals surface area contributed by atoms with Gasteiger partial charge < -0.3 is 10.6 Å². The quantitative estimate of drug-likeness (QED) is 0.645. The maximum atomic E-state index is 5.56. The normalized spacial score (nSPS) is 16.6. The van der Waals surface area contributed by atoms with E-state index in [1.807, 2.05) is 0 Å². The molecule has 0 saturated carbocycles. The summed E-state index contributed by atoms with van der Waals surface area (Å²) in [6, 6.07) is 0. The summed E-state index contributed by atoms with van der Waals surface area (Å²) in [7, 11) is 0. The lowest BCUT2D eigenvalue weighted by molar-refractivity contribution is 0.713. The van der Waals surface area contributed by atoms with Crippen molar-refractivity contribution < 1.29 is 0 Å². The molecule has 3 nitrogen and oxygen atoms in total. The molecule has 1 heterocycles. The van der Waals surface area contributed by atoms with Gasteiger partial charge in [-0.2, -0.15) is 0 Å². The maximum absolute atomic E-state index is 5.56. The second kappa shape index (κ2) is 4.23. The highest BCUT2D eigenvalue weighted by molar-refractivity contribution is 6.29. The van der Waals surface area contributed by atoms with Gasteiger partial charge in [-0.15, -0.1) is 0 Å². The summed E-state index contributed by atoms with van der Waals surface area (Å²) >= 11 is 5.56. The standard InChI is InChI=1S/C7H12ClN3/c1-6(8)5-11-7-9-3-2-4-10-7/h1-5H2,(H2,9,10,11). The summed E-state index contributed by atoms with van der Waals surface area (Å²) < 4.78 is 0. The highest BCUT2D eigenvalue weighted by Gasteiger charge is 2.01. The van der Waals surface area contributed by atoms with Crippen LogP contribution in [0.1, 0.15) is 6.42 Å². The molecule has 0 bridgehead atoms. The predicted molar refractivity (Wildman–Crippen MR) is 47.9 cm³/mol. The Morgan fingerprint density at radius 3 is 3.18 bits per heavy atom. The summed E-state index contributed by atoms with van der Waals surface area (Å²) in [4.78, 5) is 4.20. The van der Waals surface area contributed by atoms with E-state index in [9.17, 15) is 0 Å². The third-order valence-corrected chi connectivity index (χ3v) is 1.48. The van der Waals surface area contributed by atoms with Gasteiger partial charge in [-0.3, -0.25) is 4.99 Å². The minimum Gasteiger partial charge on any atom is -0.356 e. The van der Waals surface area contributed by atoms with E-state index >= 15 is 0 Å². The molecule has 11 heavy (non-hydrogen) atoms. The molecule has 0 atom stereocenters. The van der Waals surface area contributed by atoms with Crippen molar-refractivity contribution in [1.82, 2.24) is 10.6 Å². The molecule has 0 aromatic carbocycles. The number of rotatable bonds is 2. The van der Waals surface area contributed by atoms with E-state index in [0.29, 0.717) is 11.6 Å².